The van der Waals surface area contributed by atoms with E-state index in [1.54, 1.807) is 26.4 Å². The highest BCUT2D eigenvalue weighted by Gasteiger charge is 2.39. The number of anilines is 1. The molecule has 1 saturated heterocycles. The molecule has 2 N–H and O–H groups in total. The molecule has 37 heavy (non-hydrogen) atoms. The molecule has 2 amide bonds. The molecule has 0 radical (unpaired) electrons. The van der Waals surface area contributed by atoms with Gasteiger partial charge >= 0.3 is 0 Å². The quantitative estimate of drug-likeness (QED) is 0.423. The fourth-order valence-corrected chi connectivity index (χ4v) is 5.56. The lowest BCUT2D eigenvalue weighted by Gasteiger charge is -2.19. The highest BCUT2D eigenvalue weighted by Crippen LogP contribution is 2.34. The number of aryl methyl sites for hydroxylation is 3. The van der Waals surface area contributed by atoms with E-state index in [4.69, 9.17) is 0 Å². The lowest BCUT2D eigenvalue weighted by molar-refractivity contribution is 0.0759. The average Bonchev–Trinajstić information content (AvgIpc) is 3.56. The van der Waals surface area contributed by atoms with Crippen LogP contribution < -0.4 is 5.32 Å². The van der Waals surface area contributed by atoms with Crippen LogP contribution in [0.2, 0.25) is 0 Å². The molecule has 5 rings (SSSR count). The molecule has 1 aromatic carbocycles. The molecule has 2 atom stereocenters. The molecule has 0 saturated carbocycles. The number of hydrogen-bond donors (Lipinski definition) is 2. The minimum atomic E-state index is -0.743. The Morgan fingerprint density at radius 1 is 1.08 bits per heavy atom. The maximum atomic E-state index is 13.7. The molecule has 1 aliphatic rings. The minimum absolute atomic E-state index is 0.182. The number of aliphatic hydroxyl groups excluding tert-OH is 1. The smallest absolute Gasteiger partial charge is 0.276 e. The number of carbonyl (C=O) groups excluding carboxylic acids is 2. The topological polar surface area (TPSA) is 118 Å². The van der Waals surface area contributed by atoms with Gasteiger partial charge in [0.15, 0.2) is 16.5 Å². The second kappa shape index (κ2) is 9.07. The first-order chi connectivity index (χ1) is 17.4. The summed E-state index contributed by atoms with van der Waals surface area (Å²) in [4.78, 5) is 32.7. The Balaban J connectivity index is 1.46. The van der Waals surface area contributed by atoms with Gasteiger partial charge in [-0.1, -0.05) is 29.0 Å². The summed E-state index contributed by atoms with van der Waals surface area (Å²) >= 11 is 1.22. The fourth-order valence-electron chi connectivity index (χ4n) is 4.65. The first-order valence-electron chi connectivity index (χ1n) is 12.2. The van der Waals surface area contributed by atoms with Crippen LogP contribution in [0.1, 0.15) is 64.6 Å². The third-order valence-corrected chi connectivity index (χ3v) is 7.47. The normalized spacial score (nSPS) is 18.1. The minimum Gasteiger partial charge on any atom is -0.389 e. The van der Waals surface area contributed by atoms with Gasteiger partial charge in [-0.25, -0.2) is 4.68 Å². The van der Waals surface area contributed by atoms with Crippen LogP contribution >= 0.6 is 11.3 Å². The zero-order valence-electron chi connectivity index (χ0n) is 21.8. The number of aromatic nitrogens is 5. The SMILES string of the molecule is Cc1ccc(C(=O)Nc2nc3c(s2)c(C(=O)N2C[C@@H](O)[C@H](n4nc(C)cc4C)C2)nn3C(C)(C)C)cc1. The molecule has 4 aromatic rings. The van der Waals surface area contributed by atoms with Crippen molar-refractivity contribution in [2.24, 2.45) is 0 Å². The van der Waals surface area contributed by atoms with Crippen molar-refractivity contribution in [3.8, 4) is 0 Å². The van der Waals surface area contributed by atoms with Crippen LogP contribution in [0.15, 0.2) is 30.3 Å². The molecule has 1 fully saturated rings. The second-order valence-electron chi connectivity index (χ2n) is 10.6. The lowest BCUT2D eigenvalue weighted by atomic mass is 10.1. The molecule has 0 bridgehead atoms. The zero-order valence-corrected chi connectivity index (χ0v) is 22.6. The van der Waals surface area contributed by atoms with Crippen LogP contribution in [0.25, 0.3) is 10.3 Å². The third kappa shape index (κ3) is 4.64. The number of β-amino-alcohol motifs (C(OH)–C–C–N with tert-alkyl or cyclic N) is 1. The summed E-state index contributed by atoms with van der Waals surface area (Å²) in [6.45, 7) is 12.3. The number of amides is 2. The van der Waals surface area contributed by atoms with E-state index in [2.05, 4.69) is 20.5 Å². The Morgan fingerprint density at radius 2 is 1.78 bits per heavy atom. The number of rotatable bonds is 4. The highest BCUT2D eigenvalue weighted by atomic mass is 32.1. The summed E-state index contributed by atoms with van der Waals surface area (Å²) in [7, 11) is 0. The van der Waals surface area contributed by atoms with E-state index in [0.717, 1.165) is 17.0 Å². The number of nitrogens with one attached hydrogen (secondary N) is 1. The lowest BCUT2D eigenvalue weighted by Crippen LogP contribution is -2.31. The van der Waals surface area contributed by atoms with Gasteiger partial charge in [0.05, 0.1) is 23.4 Å². The van der Waals surface area contributed by atoms with E-state index in [9.17, 15) is 14.7 Å². The molecule has 194 valence electrons. The van der Waals surface area contributed by atoms with E-state index < -0.39 is 11.6 Å². The number of benzene rings is 1. The van der Waals surface area contributed by atoms with Gasteiger partial charge in [0.1, 0.15) is 4.70 Å². The number of aliphatic hydroxyl groups is 1. The molecule has 0 aliphatic carbocycles. The average molecular weight is 522 g/mol. The molecule has 4 heterocycles. The number of nitrogens with zero attached hydrogens (tertiary/aromatic N) is 6. The van der Waals surface area contributed by atoms with Crippen LogP contribution in [0, 0.1) is 20.8 Å². The van der Waals surface area contributed by atoms with E-state index in [1.165, 1.54) is 11.3 Å². The van der Waals surface area contributed by atoms with Crippen LogP contribution in [0.5, 0.6) is 0 Å². The monoisotopic (exact) mass is 521 g/mol. The van der Waals surface area contributed by atoms with E-state index in [-0.39, 0.29) is 30.1 Å². The highest BCUT2D eigenvalue weighted by molar-refractivity contribution is 7.22. The van der Waals surface area contributed by atoms with E-state index in [0.29, 0.717) is 27.6 Å². The Morgan fingerprint density at radius 3 is 2.41 bits per heavy atom. The molecule has 0 spiro atoms. The standard InChI is InChI=1S/C26H31N7O3S/c1-14-7-9-17(10-8-14)23(35)28-25-27-22-21(37-25)20(30-33(22)26(4,5)6)24(36)31-12-18(19(34)13-31)32-16(3)11-15(2)29-32/h7-11,18-19,34H,12-13H2,1-6H3,(H,27,28,35)/t18-,19-/m1/s1. The molecule has 11 heteroatoms. The van der Waals surface area contributed by atoms with Crippen molar-refractivity contribution < 1.29 is 14.7 Å². The van der Waals surface area contributed by atoms with Gasteiger partial charge in [0, 0.05) is 24.3 Å². The molecule has 1 aliphatic heterocycles. The van der Waals surface area contributed by atoms with Crippen molar-refractivity contribution in [3.05, 3.63) is 58.5 Å². The Kier molecular flexibility index (Phi) is 6.15. The maximum absolute atomic E-state index is 13.7. The van der Waals surface area contributed by atoms with Crippen LogP contribution in [-0.4, -0.2) is 65.6 Å². The van der Waals surface area contributed by atoms with Crippen molar-refractivity contribution in [3.63, 3.8) is 0 Å². The zero-order chi connectivity index (χ0) is 26.6. The predicted octanol–water partition coefficient (Wildman–Crippen LogP) is 3.68. The van der Waals surface area contributed by atoms with Crippen molar-refractivity contribution >= 4 is 38.6 Å². The van der Waals surface area contributed by atoms with Gasteiger partial charge in [0.25, 0.3) is 11.8 Å². The number of thiazole rings is 1. The molecular formula is C26H31N7O3S. The predicted molar refractivity (Wildman–Crippen MR) is 142 cm³/mol. The van der Waals surface area contributed by atoms with Crippen LogP contribution in [0.4, 0.5) is 5.13 Å². The maximum Gasteiger partial charge on any atom is 0.276 e. The van der Waals surface area contributed by atoms with Crippen LogP contribution in [0.3, 0.4) is 0 Å². The largest absolute Gasteiger partial charge is 0.389 e. The first-order valence-corrected chi connectivity index (χ1v) is 13.0. The Hall–Kier alpha value is -3.57. The fraction of sp³-hybridized carbons (Fsp3) is 0.423. The number of carbonyl (C=O) groups is 2. The number of likely N-dealkylation sites (tertiary alicyclic amines) is 1. The summed E-state index contributed by atoms with van der Waals surface area (Å²) in [5.74, 6) is -0.550. The summed E-state index contributed by atoms with van der Waals surface area (Å²) in [6, 6.07) is 8.92. The van der Waals surface area contributed by atoms with Gasteiger partial charge < -0.3 is 10.0 Å². The van der Waals surface area contributed by atoms with Gasteiger partial charge in [0.2, 0.25) is 0 Å². The summed E-state index contributed by atoms with van der Waals surface area (Å²) in [6.07, 6.45) is -0.743. The summed E-state index contributed by atoms with van der Waals surface area (Å²) in [5, 5.41) is 23.2. The van der Waals surface area contributed by atoms with Gasteiger partial charge in [-0.3, -0.25) is 19.6 Å². The Bertz CT molecular complexity index is 1490. The second-order valence-corrected chi connectivity index (χ2v) is 11.6. The van der Waals surface area contributed by atoms with Crippen molar-refractivity contribution in [2.45, 2.75) is 59.2 Å². The van der Waals surface area contributed by atoms with E-state index in [1.807, 2.05) is 59.7 Å². The number of hydrogen-bond acceptors (Lipinski definition) is 7. The summed E-state index contributed by atoms with van der Waals surface area (Å²) < 4.78 is 4.11. The molecule has 0 unspecified atom stereocenters. The number of fused-ring (bicyclic) bond motifs is 1. The molecular weight excluding hydrogens is 490 g/mol. The van der Waals surface area contributed by atoms with Crippen molar-refractivity contribution in [2.75, 3.05) is 18.4 Å². The summed E-state index contributed by atoms with van der Waals surface area (Å²) in [5.41, 5.74) is 3.75. The first kappa shape index (κ1) is 25.1. The van der Waals surface area contributed by atoms with Gasteiger partial charge in [-0.15, -0.1) is 0 Å². The van der Waals surface area contributed by atoms with Gasteiger partial charge in [-0.05, 0) is 59.7 Å². The van der Waals surface area contributed by atoms with Crippen molar-refractivity contribution in [1.29, 1.82) is 0 Å². The van der Waals surface area contributed by atoms with Gasteiger partial charge in [-0.2, -0.15) is 15.2 Å². The van der Waals surface area contributed by atoms with Crippen molar-refractivity contribution in [1.82, 2.24) is 29.4 Å². The van der Waals surface area contributed by atoms with E-state index >= 15 is 0 Å². The molecule has 10 nitrogen and oxygen atoms in total. The third-order valence-electron chi connectivity index (χ3n) is 6.50. The van der Waals surface area contributed by atoms with Crippen LogP contribution in [-0.2, 0) is 5.54 Å². The Labute approximate surface area is 218 Å². The molecule has 3 aromatic heterocycles.